The molecule has 1 fully saturated rings. The van der Waals surface area contributed by atoms with Gasteiger partial charge in [-0.05, 0) is 25.8 Å². The zero-order valence-electron chi connectivity index (χ0n) is 8.61. The van der Waals surface area contributed by atoms with Crippen molar-refractivity contribution in [3.8, 4) is 0 Å². The number of carboxylic acid groups (broad SMARTS) is 1. The number of piperidine rings is 1. The Labute approximate surface area is 85.4 Å². The summed E-state index contributed by atoms with van der Waals surface area (Å²) < 4.78 is 0. The van der Waals surface area contributed by atoms with Gasteiger partial charge in [0.2, 0.25) is 0 Å². The third-order valence-corrected chi connectivity index (χ3v) is 2.80. The fourth-order valence-corrected chi connectivity index (χ4v) is 2.08. The summed E-state index contributed by atoms with van der Waals surface area (Å²) in [5, 5.41) is 8.62. The van der Waals surface area contributed by atoms with E-state index < -0.39 is 5.97 Å². The topological polar surface area (TPSA) is 40.5 Å². The molecule has 1 aliphatic heterocycles. The number of carboxylic acids is 1. The molecule has 1 rings (SSSR count). The summed E-state index contributed by atoms with van der Waals surface area (Å²) in [6.07, 6.45) is 6.58. The highest BCUT2D eigenvalue weighted by Gasteiger charge is 2.21. The van der Waals surface area contributed by atoms with Crippen molar-refractivity contribution < 1.29 is 9.90 Å². The van der Waals surface area contributed by atoms with E-state index in [0.717, 1.165) is 25.9 Å². The summed E-state index contributed by atoms with van der Waals surface area (Å²) >= 11 is 0. The second-order valence-electron chi connectivity index (χ2n) is 3.87. The van der Waals surface area contributed by atoms with Crippen LogP contribution in [0.1, 0.15) is 32.1 Å². The van der Waals surface area contributed by atoms with Crippen molar-refractivity contribution in [1.82, 2.24) is 4.90 Å². The Hall–Kier alpha value is -0.830. The molecular weight excluding hydrogens is 178 g/mol. The number of hydrogen-bond donors (Lipinski definition) is 1. The lowest BCUT2D eigenvalue weighted by molar-refractivity contribution is -0.137. The van der Waals surface area contributed by atoms with E-state index in [1.165, 1.54) is 12.8 Å². The monoisotopic (exact) mass is 197 g/mol. The van der Waals surface area contributed by atoms with Gasteiger partial charge in [0.15, 0.2) is 0 Å². The maximum atomic E-state index is 10.5. The molecule has 1 heterocycles. The van der Waals surface area contributed by atoms with E-state index in [9.17, 15) is 4.79 Å². The second kappa shape index (κ2) is 5.81. The molecular formula is C11H19NO2. The van der Waals surface area contributed by atoms with Crippen LogP contribution < -0.4 is 0 Å². The predicted octanol–water partition coefficient (Wildman–Crippen LogP) is 1.89. The molecule has 1 N–H and O–H groups in total. The minimum Gasteiger partial charge on any atom is -0.481 e. The number of nitrogens with zero attached hydrogens (tertiary/aromatic N) is 1. The molecule has 0 spiro atoms. The molecule has 0 aromatic rings. The Balaban J connectivity index is 2.37. The molecule has 0 aliphatic carbocycles. The van der Waals surface area contributed by atoms with Gasteiger partial charge < -0.3 is 5.11 Å². The Morgan fingerprint density at radius 2 is 2.36 bits per heavy atom. The van der Waals surface area contributed by atoms with Crippen molar-refractivity contribution in [2.24, 2.45) is 0 Å². The maximum absolute atomic E-state index is 10.5. The number of rotatable bonds is 5. The quantitative estimate of drug-likeness (QED) is 0.684. The highest BCUT2D eigenvalue weighted by molar-refractivity contribution is 5.66. The molecule has 1 unspecified atom stereocenters. The third kappa shape index (κ3) is 3.50. The van der Waals surface area contributed by atoms with Crippen LogP contribution in [0.3, 0.4) is 0 Å². The third-order valence-electron chi connectivity index (χ3n) is 2.80. The van der Waals surface area contributed by atoms with Crippen LogP contribution in [0.25, 0.3) is 0 Å². The van der Waals surface area contributed by atoms with Gasteiger partial charge in [0.1, 0.15) is 0 Å². The first-order chi connectivity index (χ1) is 6.74. The van der Waals surface area contributed by atoms with Gasteiger partial charge in [0.05, 0.1) is 0 Å². The molecule has 0 aromatic heterocycles. The molecule has 14 heavy (non-hydrogen) atoms. The van der Waals surface area contributed by atoms with Crippen molar-refractivity contribution >= 4 is 5.97 Å². The van der Waals surface area contributed by atoms with Crippen LogP contribution in [0.5, 0.6) is 0 Å². The molecule has 0 amide bonds. The SMILES string of the molecule is C=CCN1CCCCC1CCC(=O)O. The Kier molecular flexibility index (Phi) is 4.66. The van der Waals surface area contributed by atoms with E-state index in [1.54, 1.807) is 0 Å². The molecule has 80 valence electrons. The van der Waals surface area contributed by atoms with Crippen LogP contribution in [0.2, 0.25) is 0 Å². The molecule has 0 radical (unpaired) electrons. The first-order valence-corrected chi connectivity index (χ1v) is 5.30. The Morgan fingerprint density at radius 1 is 1.57 bits per heavy atom. The maximum Gasteiger partial charge on any atom is 0.303 e. The molecule has 1 atom stereocenters. The van der Waals surface area contributed by atoms with Gasteiger partial charge in [-0.1, -0.05) is 12.5 Å². The summed E-state index contributed by atoms with van der Waals surface area (Å²) in [4.78, 5) is 12.8. The lowest BCUT2D eigenvalue weighted by Gasteiger charge is -2.34. The molecule has 3 nitrogen and oxygen atoms in total. The van der Waals surface area contributed by atoms with E-state index in [-0.39, 0.29) is 6.42 Å². The minimum absolute atomic E-state index is 0.290. The zero-order chi connectivity index (χ0) is 10.4. The summed E-state index contributed by atoms with van der Waals surface area (Å²) in [5.41, 5.74) is 0. The van der Waals surface area contributed by atoms with E-state index >= 15 is 0 Å². The summed E-state index contributed by atoms with van der Waals surface area (Å²) in [6.45, 7) is 5.71. The van der Waals surface area contributed by atoms with Crippen molar-refractivity contribution in [3.63, 3.8) is 0 Å². The van der Waals surface area contributed by atoms with Crippen LogP contribution in [0.4, 0.5) is 0 Å². The lowest BCUT2D eigenvalue weighted by Crippen LogP contribution is -2.39. The van der Waals surface area contributed by atoms with Crippen molar-refractivity contribution in [3.05, 3.63) is 12.7 Å². The minimum atomic E-state index is -0.686. The average molecular weight is 197 g/mol. The molecule has 0 bridgehead atoms. The van der Waals surface area contributed by atoms with Crippen molar-refractivity contribution in [1.29, 1.82) is 0 Å². The first kappa shape index (κ1) is 11.2. The van der Waals surface area contributed by atoms with Gasteiger partial charge in [-0.2, -0.15) is 0 Å². The number of likely N-dealkylation sites (tertiary alicyclic amines) is 1. The van der Waals surface area contributed by atoms with E-state index in [4.69, 9.17) is 5.11 Å². The van der Waals surface area contributed by atoms with Crippen LogP contribution >= 0.6 is 0 Å². The van der Waals surface area contributed by atoms with Gasteiger partial charge in [-0.25, -0.2) is 0 Å². The smallest absolute Gasteiger partial charge is 0.303 e. The Morgan fingerprint density at radius 3 is 3.00 bits per heavy atom. The number of hydrogen-bond acceptors (Lipinski definition) is 2. The average Bonchev–Trinajstić information content (AvgIpc) is 2.17. The summed E-state index contributed by atoms with van der Waals surface area (Å²) in [6, 6.07) is 0.456. The normalized spacial score (nSPS) is 23.3. The lowest BCUT2D eigenvalue weighted by atomic mass is 9.98. The summed E-state index contributed by atoms with van der Waals surface area (Å²) in [7, 11) is 0. The van der Waals surface area contributed by atoms with Crippen molar-refractivity contribution in [2.45, 2.75) is 38.1 Å². The van der Waals surface area contributed by atoms with Crippen LogP contribution in [0, 0.1) is 0 Å². The highest BCUT2D eigenvalue weighted by atomic mass is 16.4. The fraction of sp³-hybridized carbons (Fsp3) is 0.727. The van der Waals surface area contributed by atoms with Gasteiger partial charge >= 0.3 is 5.97 Å². The Bertz CT molecular complexity index is 203. The zero-order valence-corrected chi connectivity index (χ0v) is 8.61. The van der Waals surface area contributed by atoms with Crippen LogP contribution in [-0.2, 0) is 4.79 Å². The molecule has 0 aromatic carbocycles. The second-order valence-corrected chi connectivity index (χ2v) is 3.87. The molecule has 1 aliphatic rings. The van der Waals surface area contributed by atoms with E-state index in [0.29, 0.717) is 6.04 Å². The van der Waals surface area contributed by atoms with Crippen LogP contribution in [0.15, 0.2) is 12.7 Å². The predicted molar refractivity (Wildman–Crippen MR) is 56.3 cm³/mol. The standard InChI is InChI=1S/C11H19NO2/c1-2-8-12-9-4-3-5-10(12)6-7-11(13)14/h2,10H,1,3-9H2,(H,13,14). The van der Waals surface area contributed by atoms with E-state index in [1.807, 2.05) is 6.08 Å². The molecule has 0 saturated carbocycles. The highest BCUT2D eigenvalue weighted by Crippen LogP contribution is 2.20. The van der Waals surface area contributed by atoms with Crippen LogP contribution in [-0.4, -0.2) is 35.1 Å². The first-order valence-electron chi connectivity index (χ1n) is 5.30. The number of carbonyl (C=O) groups is 1. The van der Waals surface area contributed by atoms with Gasteiger partial charge in [0, 0.05) is 19.0 Å². The molecule has 3 heteroatoms. The fourth-order valence-electron chi connectivity index (χ4n) is 2.08. The summed E-state index contributed by atoms with van der Waals surface area (Å²) in [5.74, 6) is -0.686. The van der Waals surface area contributed by atoms with E-state index in [2.05, 4.69) is 11.5 Å². The van der Waals surface area contributed by atoms with Crippen molar-refractivity contribution in [2.75, 3.05) is 13.1 Å². The largest absolute Gasteiger partial charge is 0.481 e. The molecule has 1 saturated heterocycles. The van der Waals surface area contributed by atoms with Gasteiger partial charge in [-0.15, -0.1) is 6.58 Å². The van der Waals surface area contributed by atoms with Gasteiger partial charge in [0.25, 0.3) is 0 Å². The van der Waals surface area contributed by atoms with Gasteiger partial charge in [-0.3, -0.25) is 9.69 Å². The number of aliphatic carboxylic acids is 1.